The van der Waals surface area contributed by atoms with Crippen molar-refractivity contribution in [2.24, 2.45) is 0 Å². The quantitative estimate of drug-likeness (QED) is 0.627. The molecule has 1 N–H and O–H groups in total. The first-order valence-corrected chi connectivity index (χ1v) is 8.24. The van der Waals surface area contributed by atoms with Crippen molar-refractivity contribution >= 4 is 33.7 Å². The van der Waals surface area contributed by atoms with Crippen LogP contribution in [0.3, 0.4) is 0 Å². The minimum atomic E-state index is 0.0217. The van der Waals surface area contributed by atoms with Gasteiger partial charge >= 0.3 is 0 Å². The Kier molecular flexibility index (Phi) is 3.07. The minimum absolute atomic E-state index is 0.0217. The third-order valence-corrected chi connectivity index (χ3v) is 4.73. The van der Waals surface area contributed by atoms with Crippen LogP contribution < -0.4 is 0 Å². The molecule has 0 fully saturated rings. The van der Waals surface area contributed by atoms with E-state index < -0.39 is 0 Å². The molecule has 0 spiro atoms. The molecule has 1 aromatic carbocycles. The highest BCUT2D eigenvalue weighted by Gasteiger charge is 2.16. The summed E-state index contributed by atoms with van der Waals surface area (Å²) in [5.74, 6) is 0.837. The van der Waals surface area contributed by atoms with Crippen LogP contribution in [0.1, 0.15) is 5.56 Å². The van der Waals surface area contributed by atoms with Gasteiger partial charge < -0.3 is 5.11 Å². The van der Waals surface area contributed by atoms with E-state index in [9.17, 15) is 5.11 Å². The number of rotatable bonds is 3. The number of nitrogens with zero attached hydrogens (tertiary/aromatic N) is 3. The number of hydrogen-bond donors (Lipinski definition) is 1. The van der Waals surface area contributed by atoms with Crippen molar-refractivity contribution in [1.82, 2.24) is 14.5 Å². The molecule has 3 aromatic heterocycles. The fraction of sp³-hybridized carbons (Fsp3) is 0.0667. The molecule has 0 saturated carbocycles. The molecule has 0 atom stereocenters. The van der Waals surface area contributed by atoms with Crippen LogP contribution in [0, 0.1) is 0 Å². The topological polar surface area (TPSA) is 50.9 Å². The van der Waals surface area contributed by atoms with Gasteiger partial charge in [0.15, 0.2) is 5.82 Å². The van der Waals surface area contributed by atoms with Crippen LogP contribution in [0.2, 0.25) is 0 Å². The van der Waals surface area contributed by atoms with Crippen molar-refractivity contribution in [3.8, 4) is 16.5 Å². The molecule has 0 saturated heterocycles. The first-order chi connectivity index (χ1) is 10.4. The second-order valence-electron chi connectivity index (χ2n) is 4.58. The average molecular weight is 313 g/mol. The lowest BCUT2D eigenvalue weighted by atomic mass is 10.2. The van der Waals surface area contributed by atoms with Crippen LogP contribution in [0.5, 0.6) is 0 Å². The number of thiazole rings is 1. The molecular formula is C15H11N3OS2. The minimum Gasteiger partial charge on any atom is -0.392 e. The van der Waals surface area contributed by atoms with Gasteiger partial charge in [-0.2, -0.15) is 0 Å². The Bertz CT molecular complexity index is 879. The second kappa shape index (κ2) is 5.07. The molecule has 4 rings (SSSR count). The zero-order chi connectivity index (χ0) is 14.2. The van der Waals surface area contributed by atoms with E-state index in [4.69, 9.17) is 4.98 Å². The molecule has 0 aliphatic rings. The Morgan fingerprint density at radius 1 is 1.24 bits per heavy atom. The van der Waals surface area contributed by atoms with E-state index in [0.29, 0.717) is 0 Å². The van der Waals surface area contributed by atoms with Crippen LogP contribution >= 0.6 is 22.7 Å². The van der Waals surface area contributed by atoms with E-state index in [1.807, 2.05) is 40.5 Å². The Labute approximate surface area is 129 Å². The number of imidazole rings is 1. The maximum absolute atomic E-state index is 9.30. The van der Waals surface area contributed by atoms with Crippen LogP contribution in [0.15, 0.2) is 46.6 Å². The fourth-order valence-electron chi connectivity index (χ4n) is 2.34. The van der Waals surface area contributed by atoms with Gasteiger partial charge in [-0.1, -0.05) is 6.07 Å². The molecule has 0 aliphatic carbocycles. The molecular weight excluding hydrogens is 302 g/mol. The SMILES string of the molecule is OCc1ccc2c(c1)nc(-c1cscn1)n2-c1cccs1. The third kappa shape index (κ3) is 2.08. The molecule has 4 aromatic rings. The summed E-state index contributed by atoms with van der Waals surface area (Å²) in [7, 11) is 0. The van der Waals surface area contributed by atoms with Crippen LogP contribution in [-0.2, 0) is 6.61 Å². The van der Waals surface area contributed by atoms with Crippen molar-refractivity contribution in [3.05, 3.63) is 52.2 Å². The number of aliphatic hydroxyl groups is 1. The van der Waals surface area contributed by atoms with Gasteiger partial charge in [0.2, 0.25) is 0 Å². The van der Waals surface area contributed by atoms with Gasteiger partial charge in [0, 0.05) is 5.38 Å². The van der Waals surface area contributed by atoms with E-state index in [1.54, 1.807) is 22.7 Å². The Morgan fingerprint density at radius 3 is 2.90 bits per heavy atom. The first kappa shape index (κ1) is 12.7. The second-order valence-corrected chi connectivity index (χ2v) is 6.22. The van der Waals surface area contributed by atoms with Gasteiger partial charge in [0.1, 0.15) is 10.7 Å². The Hall–Kier alpha value is -2.02. The highest BCUT2D eigenvalue weighted by Crippen LogP contribution is 2.30. The summed E-state index contributed by atoms with van der Waals surface area (Å²) >= 11 is 3.22. The molecule has 0 bridgehead atoms. The lowest BCUT2D eigenvalue weighted by Gasteiger charge is -2.04. The first-order valence-electron chi connectivity index (χ1n) is 6.41. The van der Waals surface area contributed by atoms with Gasteiger partial charge in [0.05, 0.1) is 23.2 Å². The van der Waals surface area contributed by atoms with Crippen LogP contribution in [0.4, 0.5) is 0 Å². The van der Waals surface area contributed by atoms with Crippen LogP contribution in [-0.4, -0.2) is 19.6 Å². The van der Waals surface area contributed by atoms with E-state index in [0.717, 1.165) is 33.1 Å². The van der Waals surface area contributed by atoms with Crippen molar-refractivity contribution < 1.29 is 5.11 Å². The summed E-state index contributed by atoms with van der Waals surface area (Å²) in [6.45, 7) is 0.0217. The molecule has 0 aliphatic heterocycles. The van der Waals surface area contributed by atoms with Gasteiger partial charge in [-0.25, -0.2) is 9.97 Å². The summed E-state index contributed by atoms with van der Waals surface area (Å²) < 4.78 is 2.12. The molecule has 21 heavy (non-hydrogen) atoms. The van der Waals surface area contributed by atoms with Crippen molar-refractivity contribution in [2.45, 2.75) is 6.61 Å². The average Bonchev–Trinajstić information content (AvgIpc) is 3.24. The lowest BCUT2D eigenvalue weighted by Crippen LogP contribution is -1.95. The third-order valence-electron chi connectivity index (χ3n) is 3.29. The smallest absolute Gasteiger partial charge is 0.165 e. The Balaban J connectivity index is 2.05. The summed E-state index contributed by atoms with van der Waals surface area (Å²) in [5.41, 5.74) is 5.45. The van der Waals surface area contributed by atoms with Gasteiger partial charge in [-0.3, -0.25) is 4.57 Å². The van der Waals surface area contributed by atoms with Gasteiger partial charge in [-0.15, -0.1) is 22.7 Å². The number of aromatic nitrogens is 3. The summed E-state index contributed by atoms with van der Waals surface area (Å²) in [6, 6.07) is 9.96. The largest absolute Gasteiger partial charge is 0.392 e. The predicted molar refractivity (Wildman–Crippen MR) is 86.0 cm³/mol. The maximum Gasteiger partial charge on any atom is 0.165 e. The van der Waals surface area contributed by atoms with E-state index >= 15 is 0 Å². The summed E-state index contributed by atoms with van der Waals surface area (Å²) in [6.07, 6.45) is 0. The number of benzene rings is 1. The standard InChI is InChI=1S/C15H11N3OS2/c19-7-10-3-4-13-11(6-10)17-15(12-8-20-9-16-12)18(13)14-2-1-5-21-14/h1-6,8-9,19H,7H2. The number of hydrogen-bond acceptors (Lipinski definition) is 5. The molecule has 0 unspecified atom stereocenters. The number of aliphatic hydroxyl groups excluding tert-OH is 1. The molecule has 0 radical (unpaired) electrons. The van der Waals surface area contributed by atoms with Crippen molar-refractivity contribution in [1.29, 1.82) is 0 Å². The molecule has 104 valence electrons. The lowest BCUT2D eigenvalue weighted by molar-refractivity contribution is 0.282. The zero-order valence-electron chi connectivity index (χ0n) is 10.9. The normalized spacial score (nSPS) is 11.3. The fourth-order valence-corrected chi connectivity index (χ4v) is 3.61. The van der Waals surface area contributed by atoms with E-state index in [1.165, 1.54) is 0 Å². The number of thiophene rings is 1. The highest BCUT2D eigenvalue weighted by atomic mass is 32.1. The van der Waals surface area contributed by atoms with Gasteiger partial charge in [0.25, 0.3) is 0 Å². The summed E-state index contributed by atoms with van der Waals surface area (Å²) in [5, 5.41) is 14.5. The maximum atomic E-state index is 9.30. The van der Waals surface area contributed by atoms with Gasteiger partial charge in [-0.05, 0) is 35.2 Å². The van der Waals surface area contributed by atoms with E-state index in [2.05, 4.69) is 15.6 Å². The van der Waals surface area contributed by atoms with E-state index in [-0.39, 0.29) is 6.61 Å². The predicted octanol–water partition coefficient (Wildman–Crippen LogP) is 3.70. The van der Waals surface area contributed by atoms with Crippen molar-refractivity contribution in [3.63, 3.8) is 0 Å². The number of fused-ring (bicyclic) bond motifs is 1. The highest BCUT2D eigenvalue weighted by molar-refractivity contribution is 7.12. The Morgan fingerprint density at radius 2 is 2.19 bits per heavy atom. The molecule has 4 nitrogen and oxygen atoms in total. The molecule has 3 heterocycles. The van der Waals surface area contributed by atoms with Crippen LogP contribution in [0.25, 0.3) is 27.6 Å². The zero-order valence-corrected chi connectivity index (χ0v) is 12.6. The summed E-state index contributed by atoms with van der Waals surface area (Å²) in [4.78, 5) is 9.11. The molecule has 6 heteroatoms. The van der Waals surface area contributed by atoms with Crippen molar-refractivity contribution in [2.75, 3.05) is 0 Å². The molecule has 0 amide bonds. The monoisotopic (exact) mass is 313 g/mol.